The average Bonchev–Trinajstić information content (AvgIpc) is 3.28. The molecule has 2 unspecified atom stereocenters. The van der Waals surface area contributed by atoms with E-state index in [0.717, 1.165) is 0 Å². The van der Waals surface area contributed by atoms with Crippen molar-refractivity contribution in [2.24, 2.45) is 0 Å². The fourth-order valence-corrected chi connectivity index (χ4v) is 6.51. The molecule has 2 aliphatic rings. The van der Waals surface area contributed by atoms with Crippen molar-refractivity contribution in [3.8, 4) is 5.75 Å². The molecule has 3 N–H and O–H groups in total. The molecule has 0 bridgehead atoms. The summed E-state index contributed by atoms with van der Waals surface area (Å²) in [6, 6.07) is 9.08. The van der Waals surface area contributed by atoms with Crippen LogP contribution in [0.25, 0.3) is 10.9 Å². The maximum Gasteiger partial charge on any atom is 0.333 e. The molecule has 2 atom stereocenters. The number of aromatic nitrogens is 1. The fourth-order valence-electron chi connectivity index (χ4n) is 5.28. The zero-order valence-electron chi connectivity index (χ0n) is 22.8. The van der Waals surface area contributed by atoms with Crippen LogP contribution in [-0.2, 0) is 27.0 Å². The molecule has 3 heterocycles. The third-order valence-electron chi connectivity index (χ3n) is 7.52. The van der Waals surface area contributed by atoms with Crippen molar-refractivity contribution in [3.63, 3.8) is 0 Å². The Labute approximate surface area is 240 Å². The van der Waals surface area contributed by atoms with E-state index in [0.29, 0.717) is 42.7 Å². The monoisotopic (exact) mass is 600 g/mol. The van der Waals surface area contributed by atoms with Gasteiger partial charge in [0.1, 0.15) is 11.3 Å². The summed E-state index contributed by atoms with van der Waals surface area (Å²) in [7, 11) is -4.12. The molecule has 5 rings (SSSR count). The van der Waals surface area contributed by atoms with Gasteiger partial charge in [0, 0.05) is 63.0 Å². The van der Waals surface area contributed by atoms with Gasteiger partial charge in [-0.25, -0.2) is 9.18 Å². The number of amides is 2. The van der Waals surface area contributed by atoms with E-state index < -0.39 is 31.4 Å². The summed E-state index contributed by atoms with van der Waals surface area (Å²) < 4.78 is 30.5. The van der Waals surface area contributed by atoms with Crippen LogP contribution in [0, 0.1) is 5.82 Å². The number of aliphatic carboxylic acids is 1. The number of phenols is 1. The Balaban J connectivity index is 1.34. The lowest BCUT2D eigenvalue weighted by Gasteiger charge is -2.35. The Hall–Kier alpha value is -3.90. The van der Waals surface area contributed by atoms with E-state index in [9.17, 15) is 33.3 Å². The van der Waals surface area contributed by atoms with E-state index in [1.165, 1.54) is 30.2 Å². The highest BCUT2D eigenvalue weighted by Gasteiger charge is 2.38. The first-order chi connectivity index (χ1) is 19.9. The Morgan fingerprint density at radius 3 is 2.50 bits per heavy atom. The van der Waals surface area contributed by atoms with Crippen LogP contribution in [0.4, 0.5) is 4.39 Å². The molecule has 0 aliphatic carbocycles. The molecule has 14 heteroatoms. The van der Waals surface area contributed by atoms with Crippen LogP contribution < -0.4 is 0 Å². The first kappa shape index (κ1) is 29.6. The zero-order valence-corrected chi connectivity index (χ0v) is 23.7. The standard InChI is InChI=1S/C28H30FN4O8P/c1-17(28(37)38)41-42(39,40)14-13-31-9-11-32(12-10-31)26(35)22-20-3-2-8-30-24(20)25(34)23-21(22)16-33(27(23)36)15-18-4-6-19(29)7-5-18/h2-8,17,34H,9-16H2,1H3,(H,37,38)(H,39,40). The molecule has 222 valence electrons. The van der Waals surface area contributed by atoms with E-state index in [1.807, 2.05) is 4.90 Å². The summed E-state index contributed by atoms with van der Waals surface area (Å²) in [5.74, 6) is -2.80. The number of rotatable bonds is 9. The minimum atomic E-state index is -4.12. The number of piperazine rings is 1. The summed E-state index contributed by atoms with van der Waals surface area (Å²) in [6.07, 6.45) is -0.199. The molecular weight excluding hydrogens is 570 g/mol. The van der Waals surface area contributed by atoms with Crippen LogP contribution in [0.15, 0.2) is 42.6 Å². The molecule has 0 spiro atoms. The number of benzene rings is 2. The lowest BCUT2D eigenvalue weighted by Crippen LogP contribution is -2.49. The second-order valence-corrected chi connectivity index (χ2v) is 12.3. The number of carboxylic acids is 1. The van der Waals surface area contributed by atoms with Gasteiger partial charge in [0.25, 0.3) is 11.8 Å². The van der Waals surface area contributed by atoms with Gasteiger partial charge < -0.3 is 24.9 Å². The summed E-state index contributed by atoms with van der Waals surface area (Å²) in [4.78, 5) is 57.6. The number of fused-ring (bicyclic) bond motifs is 2. The number of carbonyl (C=O) groups is 3. The molecule has 2 amide bonds. The summed E-state index contributed by atoms with van der Waals surface area (Å²) in [6.45, 7) is 2.98. The minimum Gasteiger partial charge on any atom is -0.505 e. The lowest BCUT2D eigenvalue weighted by atomic mass is 9.95. The summed E-state index contributed by atoms with van der Waals surface area (Å²) >= 11 is 0. The molecule has 3 aromatic rings. The predicted octanol–water partition coefficient (Wildman–Crippen LogP) is 2.67. The number of hydrogen-bond donors (Lipinski definition) is 3. The zero-order chi connectivity index (χ0) is 30.2. The highest BCUT2D eigenvalue weighted by atomic mass is 31.2. The van der Waals surface area contributed by atoms with E-state index in [4.69, 9.17) is 9.63 Å². The van der Waals surface area contributed by atoms with E-state index >= 15 is 0 Å². The molecule has 1 saturated heterocycles. The van der Waals surface area contributed by atoms with Gasteiger partial charge in [-0.05, 0) is 30.7 Å². The Morgan fingerprint density at radius 2 is 1.83 bits per heavy atom. The fraction of sp³-hybridized carbons (Fsp3) is 0.357. The number of carbonyl (C=O) groups excluding carboxylic acids is 2. The van der Waals surface area contributed by atoms with Crippen LogP contribution in [0.5, 0.6) is 5.75 Å². The van der Waals surface area contributed by atoms with Crippen molar-refractivity contribution in [3.05, 3.63) is 70.7 Å². The average molecular weight is 601 g/mol. The van der Waals surface area contributed by atoms with E-state index in [-0.39, 0.29) is 54.1 Å². The molecule has 2 aliphatic heterocycles. The Morgan fingerprint density at radius 1 is 1.14 bits per heavy atom. The SMILES string of the molecule is CC(OP(=O)(O)CCN1CCN(C(=O)c2c3c(c(O)c4ncccc24)C(=O)N(Cc2ccc(F)cc2)C3)CC1)C(=O)O. The first-order valence-electron chi connectivity index (χ1n) is 13.4. The van der Waals surface area contributed by atoms with Crippen LogP contribution in [0.1, 0.15) is 38.8 Å². The number of nitrogens with zero attached hydrogens (tertiary/aromatic N) is 4. The highest BCUT2D eigenvalue weighted by Crippen LogP contribution is 2.43. The lowest BCUT2D eigenvalue weighted by molar-refractivity contribution is -0.144. The van der Waals surface area contributed by atoms with Gasteiger partial charge in [0.15, 0.2) is 11.9 Å². The smallest absolute Gasteiger partial charge is 0.333 e. The number of halogens is 1. The highest BCUT2D eigenvalue weighted by molar-refractivity contribution is 7.52. The first-order valence-corrected chi connectivity index (χ1v) is 15.1. The van der Waals surface area contributed by atoms with Crippen molar-refractivity contribution < 1.29 is 43.0 Å². The summed E-state index contributed by atoms with van der Waals surface area (Å²) in [5, 5.41) is 20.4. The third-order valence-corrected chi connectivity index (χ3v) is 8.93. The third kappa shape index (κ3) is 6.00. The molecule has 0 saturated carbocycles. The van der Waals surface area contributed by atoms with E-state index in [1.54, 1.807) is 29.2 Å². The second-order valence-electron chi connectivity index (χ2n) is 10.3. The maximum atomic E-state index is 14.0. The number of hydrogen-bond acceptors (Lipinski definition) is 8. The van der Waals surface area contributed by atoms with Crippen molar-refractivity contribution in [2.45, 2.75) is 26.1 Å². The molecule has 2 aromatic carbocycles. The topological polar surface area (TPSA) is 161 Å². The van der Waals surface area contributed by atoms with Crippen molar-refractivity contribution in [1.29, 1.82) is 0 Å². The summed E-state index contributed by atoms with van der Waals surface area (Å²) in [5.41, 5.74) is 1.55. The van der Waals surface area contributed by atoms with Crippen molar-refractivity contribution in [1.82, 2.24) is 19.7 Å². The van der Waals surface area contributed by atoms with Gasteiger partial charge in [-0.1, -0.05) is 18.2 Å². The maximum absolute atomic E-state index is 14.0. The molecule has 12 nitrogen and oxygen atoms in total. The molecule has 1 aromatic heterocycles. The number of aromatic hydroxyl groups is 1. The van der Waals surface area contributed by atoms with Gasteiger partial charge in [0.2, 0.25) is 0 Å². The van der Waals surface area contributed by atoms with Gasteiger partial charge in [0.05, 0.1) is 17.3 Å². The number of carboxylic acid groups (broad SMARTS) is 1. The van der Waals surface area contributed by atoms with Crippen molar-refractivity contribution >= 4 is 36.3 Å². The number of pyridine rings is 1. The van der Waals surface area contributed by atoms with Crippen LogP contribution >= 0.6 is 7.60 Å². The predicted molar refractivity (Wildman–Crippen MR) is 149 cm³/mol. The largest absolute Gasteiger partial charge is 0.505 e. The molecular formula is C28H30FN4O8P. The number of phenolic OH excluding ortho intramolecular Hbond substituents is 1. The normalized spacial score (nSPS) is 17.7. The molecule has 1 fully saturated rings. The van der Waals surface area contributed by atoms with Crippen LogP contribution in [0.3, 0.4) is 0 Å². The molecule has 42 heavy (non-hydrogen) atoms. The molecule has 0 radical (unpaired) electrons. The van der Waals surface area contributed by atoms with Gasteiger partial charge in [-0.15, -0.1) is 0 Å². The Bertz CT molecular complexity index is 1590. The quantitative estimate of drug-likeness (QED) is 0.312. The van der Waals surface area contributed by atoms with Crippen LogP contribution in [0.2, 0.25) is 0 Å². The Kier molecular flexibility index (Phi) is 8.29. The van der Waals surface area contributed by atoms with Crippen molar-refractivity contribution in [2.75, 3.05) is 38.9 Å². The van der Waals surface area contributed by atoms with E-state index in [2.05, 4.69) is 4.98 Å². The van der Waals surface area contributed by atoms with Gasteiger partial charge in [-0.3, -0.25) is 28.6 Å². The second kappa shape index (κ2) is 11.8. The van der Waals surface area contributed by atoms with Gasteiger partial charge >= 0.3 is 13.6 Å². The van der Waals surface area contributed by atoms with Gasteiger partial charge in [-0.2, -0.15) is 0 Å². The van der Waals surface area contributed by atoms with Crippen LogP contribution in [-0.4, -0.2) is 97.6 Å². The minimum absolute atomic E-state index is 0.0274.